The number of nitrogens with zero attached hydrogens (tertiary/aromatic N) is 1. The highest BCUT2D eigenvalue weighted by atomic mass is 16.1. The standard InChI is InChI=1S/C14H19NO/c1-10(15(2)3)8-12-9-11-6-4-5-7-13(11)14(12)16/h4-7,10,12H,8-9H2,1-3H3. The van der Waals surface area contributed by atoms with Crippen LogP contribution in [0.5, 0.6) is 0 Å². The zero-order valence-corrected chi connectivity index (χ0v) is 10.2. The number of ketones is 1. The van der Waals surface area contributed by atoms with Gasteiger partial charge in [0.25, 0.3) is 0 Å². The molecule has 2 unspecified atom stereocenters. The topological polar surface area (TPSA) is 20.3 Å². The molecule has 86 valence electrons. The summed E-state index contributed by atoms with van der Waals surface area (Å²) in [6.07, 6.45) is 1.88. The molecule has 0 aromatic heterocycles. The van der Waals surface area contributed by atoms with Crippen LogP contribution in [0.2, 0.25) is 0 Å². The van der Waals surface area contributed by atoms with E-state index in [1.807, 2.05) is 18.2 Å². The van der Waals surface area contributed by atoms with Crippen LogP contribution >= 0.6 is 0 Å². The zero-order valence-electron chi connectivity index (χ0n) is 10.2. The molecule has 0 amide bonds. The number of Topliss-reactive ketones (excluding diaryl/α,β-unsaturated/α-hetero) is 1. The maximum atomic E-state index is 12.1. The minimum Gasteiger partial charge on any atom is -0.307 e. The zero-order chi connectivity index (χ0) is 11.7. The Hall–Kier alpha value is -1.15. The molecule has 0 N–H and O–H groups in total. The van der Waals surface area contributed by atoms with Gasteiger partial charge in [-0.2, -0.15) is 0 Å². The Morgan fingerprint density at radius 2 is 2.06 bits per heavy atom. The predicted molar refractivity (Wildman–Crippen MR) is 65.7 cm³/mol. The first kappa shape index (κ1) is 11.3. The largest absolute Gasteiger partial charge is 0.307 e. The number of hydrogen-bond acceptors (Lipinski definition) is 2. The summed E-state index contributed by atoms with van der Waals surface area (Å²) in [7, 11) is 4.13. The molecule has 0 saturated carbocycles. The minimum absolute atomic E-state index is 0.190. The number of hydrogen-bond donors (Lipinski definition) is 0. The summed E-state index contributed by atoms with van der Waals surface area (Å²) < 4.78 is 0. The third kappa shape index (κ3) is 2.03. The van der Waals surface area contributed by atoms with Crippen LogP contribution in [0.15, 0.2) is 24.3 Å². The molecule has 2 nitrogen and oxygen atoms in total. The maximum absolute atomic E-state index is 12.1. The van der Waals surface area contributed by atoms with E-state index in [0.717, 1.165) is 18.4 Å². The van der Waals surface area contributed by atoms with Crippen LogP contribution in [0, 0.1) is 5.92 Å². The molecule has 2 atom stereocenters. The summed E-state index contributed by atoms with van der Waals surface area (Å²) in [5.74, 6) is 0.527. The molecule has 0 radical (unpaired) electrons. The van der Waals surface area contributed by atoms with Gasteiger partial charge in [0.15, 0.2) is 5.78 Å². The first-order valence-corrected chi connectivity index (χ1v) is 5.88. The Morgan fingerprint density at radius 1 is 1.38 bits per heavy atom. The van der Waals surface area contributed by atoms with E-state index in [0.29, 0.717) is 11.8 Å². The molecule has 0 aliphatic heterocycles. The van der Waals surface area contributed by atoms with E-state index < -0.39 is 0 Å². The Kier molecular flexibility index (Phi) is 3.10. The summed E-state index contributed by atoms with van der Waals surface area (Å²) in [5.41, 5.74) is 2.17. The lowest BCUT2D eigenvalue weighted by Gasteiger charge is -2.22. The Balaban J connectivity index is 2.10. The van der Waals surface area contributed by atoms with Crippen molar-refractivity contribution in [2.45, 2.75) is 25.8 Å². The van der Waals surface area contributed by atoms with E-state index in [9.17, 15) is 4.79 Å². The van der Waals surface area contributed by atoms with E-state index in [1.54, 1.807) is 0 Å². The lowest BCUT2D eigenvalue weighted by atomic mass is 9.96. The second-order valence-corrected chi connectivity index (χ2v) is 4.97. The van der Waals surface area contributed by atoms with Gasteiger partial charge >= 0.3 is 0 Å². The van der Waals surface area contributed by atoms with Gasteiger partial charge < -0.3 is 4.90 Å². The fraction of sp³-hybridized carbons (Fsp3) is 0.500. The van der Waals surface area contributed by atoms with Gasteiger partial charge in [0, 0.05) is 17.5 Å². The summed E-state index contributed by atoms with van der Waals surface area (Å²) in [6.45, 7) is 2.18. The van der Waals surface area contributed by atoms with E-state index in [2.05, 4.69) is 32.0 Å². The third-order valence-electron chi connectivity index (χ3n) is 3.63. The summed E-state index contributed by atoms with van der Waals surface area (Å²) in [4.78, 5) is 14.3. The SMILES string of the molecule is CC(CC1Cc2ccccc2C1=O)N(C)C. The monoisotopic (exact) mass is 217 g/mol. The molecule has 2 rings (SSSR count). The van der Waals surface area contributed by atoms with Crippen molar-refractivity contribution in [3.63, 3.8) is 0 Å². The predicted octanol–water partition coefficient (Wildman–Crippen LogP) is 2.38. The van der Waals surface area contributed by atoms with Crippen molar-refractivity contribution < 1.29 is 4.79 Å². The average Bonchev–Trinajstić information content (AvgIpc) is 2.56. The molecular weight excluding hydrogens is 198 g/mol. The molecule has 0 spiro atoms. The number of rotatable bonds is 3. The fourth-order valence-electron chi connectivity index (χ4n) is 2.33. The molecular formula is C14H19NO. The smallest absolute Gasteiger partial charge is 0.166 e. The van der Waals surface area contributed by atoms with Crippen molar-refractivity contribution in [3.8, 4) is 0 Å². The first-order chi connectivity index (χ1) is 7.59. The highest BCUT2D eigenvalue weighted by Gasteiger charge is 2.31. The van der Waals surface area contributed by atoms with Gasteiger partial charge in [0.2, 0.25) is 0 Å². The van der Waals surface area contributed by atoms with Crippen molar-refractivity contribution in [2.24, 2.45) is 5.92 Å². The molecule has 0 heterocycles. The molecule has 1 aromatic rings. The van der Waals surface area contributed by atoms with Crippen molar-refractivity contribution in [1.82, 2.24) is 4.90 Å². The highest BCUT2D eigenvalue weighted by Crippen LogP contribution is 2.29. The van der Waals surface area contributed by atoms with E-state index in [-0.39, 0.29) is 5.92 Å². The fourth-order valence-corrected chi connectivity index (χ4v) is 2.33. The van der Waals surface area contributed by atoms with Crippen LogP contribution in [0.3, 0.4) is 0 Å². The molecule has 1 aliphatic rings. The average molecular weight is 217 g/mol. The Labute approximate surface area is 97.3 Å². The Bertz CT molecular complexity index is 397. The first-order valence-electron chi connectivity index (χ1n) is 5.88. The third-order valence-corrected chi connectivity index (χ3v) is 3.63. The molecule has 2 heteroatoms. The van der Waals surface area contributed by atoms with Gasteiger partial charge in [-0.1, -0.05) is 24.3 Å². The van der Waals surface area contributed by atoms with Crippen LogP contribution in [0.1, 0.15) is 29.3 Å². The minimum atomic E-state index is 0.190. The number of carbonyl (C=O) groups is 1. The molecule has 0 saturated heterocycles. The van der Waals surface area contributed by atoms with Crippen LogP contribution in [-0.2, 0) is 6.42 Å². The van der Waals surface area contributed by atoms with Gasteiger partial charge in [-0.25, -0.2) is 0 Å². The summed E-state index contributed by atoms with van der Waals surface area (Å²) in [6, 6.07) is 8.47. The van der Waals surface area contributed by atoms with Crippen molar-refractivity contribution in [2.75, 3.05) is 14.1 Å². The summed E-state index contributed by atoms with van der Waals surface area (Å²) in [5, 5.41) is 0. The van der Waals surface area contributed by atoms with E-state index in [1.165, 1.54) is 5.56 Å². The van der Waals surface area contributed by atoms with Crippen molar-refractivity contribution in [3.05, 3.63) is 35.4 Å². The number of fused-ring (bicyclic) bond motifs is 1. The number of carbonyl (C=O) groups excluding carboxylic acids is 1. The molecule has 0 fully saturated rings. The van der Waals surface area contributed by atoms with E-state index >= 15 is 0 Å². The molecule has 16 heavy (non-hydrogen) atoms. The lowest BCUT2D eigenvalue weighted by Crippen LogP contribution is -2.28. The Morgan fingerprint density at radius 3 is 2.69 bits per heavy atom. The maximum Gasteiger partial charge on any atom is 0.166 e. The van der Waals surface area contributed by atoms with Gasteiger partial charge in [-0.3, -0.25) is 4.79 Å². The van der Waals surface area contributed by atoms with Gasteiger partial charge in [-0.15, -0.1) is 0 Å². The number of benzene rings is 1. The van der Waals surface area contributed by atoms with E-state index in [4.69, 9.17) is 0 Å². The van der Waals surface area contributed by atoms with Gasteiger partial charge in [0.05, 0.1) is 0 Å². The van der Waals surface area contributed by atoms with Crippen LogP contribution in [0.4, 0.5) is 0 Å². The highest BCUT2D eigenvalue weighted by molar-refractivity contribution is 6.02. The van der Waals surface area contributed by atoms with Gasteiger partial charge in [0.1, 0.15) is 0 Å². The second-order valence-electron chi connectivity index (χ2n) is 4.97. The molecule has 1 aromatic carbocycles. The van der Waals surface area contributed by atoms with Crippen LogP contribution < -0.4 is 0 Å². The van der Waals surface area contributed by atoms with Crippen molar-refractivity contribution >= 4 is 5.78 Å². The summed E-state index contributed by atoms with van der Waals surface area (Å²) >= 11 is 0. The molecule has 1 aliphatic carbocycles. The molecule has 0 bridgehead atoms. The normalized spacial score (nSPS) is 21.2. The quantitative estimate of drug-likeness (QED) is 0.774. The van der Waals surface area contributed by atoms with Crippen molar-refractivity contribution in [1.29, 1.82) is 0 Å². The van der Waals surface area contributed by atoms with Crippen LogP contribution in [0.25, 0.3) is 0 Å². The van der Waals surface area contributed by atoms with Gasteiger partial charge in [-0.05, 0) is 39.4 Å². The van der Waals surface area contributed by atoms with Crippen LogP contribution in [-0.4, -0.2) is 30.8 Å². The lowest BCUT2D eigenvalue weighted by molar-refractivity contribution is 0.0912. The second kappa shape index (κ2) is 4.38.